The smallest absolute Gasteiger partial charge is 0.337 e. The van der Waals surface area contributed by atoms with Crippen LogP contribution >= 0.6 is 11.8 Å². The maximum Gasteiger partial charge on any atom is 0.337 e. The van der Waals surface area contributed by atoms with Crippen LogP contribution in [-0.2, 0) is 21.8 Å². The zero-order valence-electron chi connectivity index (χ0n) is 13.8. The molecule has 0 aromatic heterocycles. The van der Waals surface area contributed by atoms with Crippen LogP contribution in [0.4, 0.5) is 0 Å². The largest absolute Gasteiger partial charge is 0.465 e. The summed E-state index contributed by atoms with van der Waals surface area (Å²) in [5.41, 5.74) is 3.04. The fourth-order valence-electron chi connectivity index (χ4n) is 2.12. The molecule has 5 nitrogen and oxygen atoms in total. The Hall–Kier alpha value is -2.78. The van der Waals surface area contributed by atoms with Gasteiger partial charge < -0.3 is 10.1 Å². The summed E-state index contributed by atoms with van der Waals surface area (Å²) < 4.78 is 4.64. The average Bonchev–Trinajstić information content (AvgIpc) is 2.66. The first-order chi connectivity index (χ1) is 12.1. The third kappa shape index (κ3) is 5.98. The molecule has 0 aliphatic heterocycles. The topological polar surface area (TPSA) is 79.2 Å². The van der Waals surface area contributed by atoms with Gasteiger partial charge in [0.05, 0.1) is 30.1 Å². The second-order valence-electron chi connectivity index (χ2n) is 5.27. The lowest BCUT2D eigenvalue weighted by Crippen LogP contribution is -2.24. The van der Waals surface area contributed by atoms with Gasteiger partial charge in [-0.15, -0.1) is 11.8 Å². The van der Waals surface area contributed by atoms with Gasteiger partial charge in [0.2, 0.25) is 5.91 Å². The number of nitrogens with one attached hydrogen (secondary N) is 1. The second kappa shape index (κ2) is 9.50. The quantitative estimate of drug-likeness (QED) is 0.774. The zero-order chi connectivity index (χ0) is 18.1. The number of hydrogen-bond acceptors (Lipinski definition) is 5. The zero-order valence-corrected chi connectivity index (χ0v) is 14.6. The number of thioether (sulfide) groups is 1. The molecular formula is C19H18N2O3S. The van der Waals surface area contributed by atoms with Gasteiger partial charge in [-0.2, -0.15) is 5.26 Å². The molecule has 25 heavy (non-hydrogen) atoms. The molecule has 2 aromatic rings. The van der Waals surface area contributed by atoms with Crippen LogP contribution in [0.2, 0.25) is 0 Å². The standard InChI is InChI=1S/C19H18N2O3S/c1-24-19(23)17-7-5-14(6-8-17)11-21-18(22)13-25-12-16-4-2-3-15(9-16)10-20/h2-9H,11-13H2,1H3,(H,21,22). The van der Waals surface area contributed by atoms with Crippen molar-refractivity contribution in [1.29, 1.82) is 5.26 Å². The Morgan fingerprint density at radius 3 is 2.60 bits per heavy atom. The first-order valence-electron chi connectivity index (χ1n) is 7.63. The van der Waals surface area contributed by atoms with Crippen molar-refractivity contribution in [2.45, 2.75) is 12.3 Å². The van der Waals surface area contributed by atoms with Crippen LogP contribution in [-0.4, -0.2) is 24.7 Å². The monoisotopic (exact) mass is 354 g/mol. The molecule has 0 heterocycles. The van der Waals surface area contributed by atoms with E-state index in [9.17, 15) is 9.59 Å². The van der Waals surface area contributed by atoms with Crippen LogP contribution in [0.15, 0.2) is 48.5 Å². The van der Waals surface area contributed by atoms with Crippen molar-refractivity contribution in [3.8, 4) is 6.07 Å². The lowest BCUT2D eigenvalue weighted by molar-refractivity contribution is -0.118. The van der Waals surface area contributed by atoms with Gasteiger partial charge in [-0.1, -0.05) is 24.3 Å². The van der Waals surface area contributed by atoms with Crippen molar-refractivity contribution in [3.05, 3.63) is 70.8 Å². The molecule has 0 saturated heterocycles. The summed E-state index contributed by atoms with van der Waals surface area (Å²) in [5.74, 6) is 0.583. The molecular weight excluding hydrogens is 336 g/mol. The van der Waals surface area contributed by atoms with Crippen molar-refractivity contribution in [1.82, 2.24) is 5.32 Å². The normalized spacial score (nSPS) is 9.92. The Balaban J connectivity index is 1.73. The van der Waals surface area contributed by atoms with E-state index in [4.69, 9.17) is 5.26 Å². The molecule has 2 rings (SSSR count). The molecule has 0 atom stereocenters. The fourth-order valence-corrected chi connectivity index (χ4v) is 2.93. The van der Waals surface area contributed by atoms with Crippen LogP contribution in [0, 0.1) is 11.3 Å². The maximum absolute atomic E-state index is 11.9. The number of amides is 1. The van der Waals surface area contributed by atoms with Gasteiger partial charge in [-0.05, 0) is 35.4 Å². The first kappa shape index (κ1) is 18.6. The molecule has 128 valence electrons. The van der Waals surface area contributed by atoms with E-state index < -0.39 is 0 Å². The van der Waals surface area contributed by atoms with E-state index in [0.717, 1.165) is 11.1 Å². The SMILES string of the molecule is COC(=O)c1ccc(CNC(=O)CSCc2cccc(C#N)c2)cc1. The van der Waals surface area contributed by atoms with Crippen LogP contribution in [0.5, 0.6) is 0 Å². The predicted octanol–water partition coefficient (Wildman–Crippen LogP) is 2.89. The van der Waals surface area contributed by atoms with Gasteiger partial charge in [0, 0.05) is 12.3 Å². The molecule has 1 amide bonds. The molecule has 2 aromatic carbocycles. The Morgan fingerprint density at radius 2 is 1.92 bits per heavy atom. The molecule has 1 N–H and O–H groups in total. The highest BCUT2D eigenvalue weighted by molar-refractivity contribution is 7.99. The van der Waals surface area contributed by atoms with E-state index in [1.807, 2.05) is 18.2 Å². The van der Waals surface area contributed by atoms with Gasteiger partial charge in [0.1, 0.15) is 0 Å². The van der Waals surface area contributed by atoms with Gasteiger partial charge >= 0.3 is 5.97 Å². The lowest BCUT2D eigenvalue weighted by atomic mass is 10.1. The van der Waals surface area contributed by atoms with Crippen molar-refractivity contribution in [2.24, 2.45) is 0 Å². The first-order valence-corrected chi connectivity index (χ1v) is 8.78. The van der Waals surface area contributed by atoms with Crippen LogP contribution < -0.4 is 5.32 Å². The highest BCUT2D eigenvalue weighted by Crippen LogP contribution is 2.13. The number of nitriles is 1. The summed E-state index contributed by atoms with van der Waals surface area (Å²) in [5, 5.41) is 11.7. The number of benzene rings is 2. The van der Waals surface area contributed by atoms with Gasteiger partial charge in [0.25, 0.3) is 0 Å². The number of carbonyl (C=O) groups is 2. The van der Waals surface area contributed by atoms with Crippen LogP contribution in [0.3, 0.4) is 0 Å². The van der Waals surface area contributed by atoms with E-state index in [0.29, 0.717) is 29.2 Å². The molecule has 0 aliphatic carbocycles. The minimum absolute atomic E-state index is 0.0570. The Kier molecular flexibility index (Phi) is 7.05. The summed E-state index contributed by atoms with van der Waals surface area (Å²) in [6.45, 7) is 0.408. The molecule has 0 spiro atoms. The summed E-state index contributed by atoms with van der Waals surface area (Å²) in [6.07, 6.45) is 0. The summed E-state index contributed by atoms with van der Waals surface area (Å²) in [6, 6.07) is 16.4. The number of ether oxygens (including phenoxy) is 1. The van der Waals surface area contributed by atoms with Crippen molar-refractivity contribution < 1.29 is 14.3 Å². The second-order valence-corrected chi connectivity index (χ2v) is 6.26. The minimum atomic E-state index is -0.382. The minimum Gasteiger partial charge on any atom is -0.465 e. The van der Waals surface area contributed by atoms with Crippen LogP contribution in [0.1, 0.15) is 27.0 Å². The summed E-state index contributed by atoms with van der Waals surface area (Å²) in [4.78, 5) is 23.2. The number of carbonyl (C=O) groups excluding carboxylic acids is 2. The Bertz CT molecular complexity index is 782. The highest BCUT2D eigenvalue weighted by atomic mass is 32.2. The highest BCUT2D eigenvalue weighted by Gasteiger charge is 2.06. The third-order valence-electron chi connectivity index (χ3n) is 3.42. The number of rotatable bonds is 7. The molecule has 0 radical (unpaired) electrons. The van der Waals surface area contributed by atoms with Crippen molar-refractivity contribution in [3.63, 3.8) is 0 Å². The Morgan fingerprint density at radius 1 is 1.16 bits per heavy atom. The molecule has 0 fully saturated rings. The van der Waals surface area contributed by atoms with E-state index in [-0.39, 0.29) is 11.9 Å². The number of hydrogen-bond donors (Lipinski definition) is 1. The number of nitrogens with zero attached hydrogens (tertiary/aromatic N) is 1. The fraction of sp³-hybridized carbons (Fsp3) is 0.211. The molecule has 0 bridgehead atoms. The molecule has 0 saturated carbocycles. The summed E-state index contributed by atoms with van der Waals surface area (Å²) in [7, 11) is 1.34. The maximum atomic E-state index is 11.9. The van der Waals surface area contributed by atoms with E-state index in [1.54, 1.807) is 30.3 Å². The van der Waals surface area contributed by atoms with Crippen molar-refractivity contribution >= 4 is 23.6 Å². The molecule has 0 unspecified atom stereocenters. The average molecular weight is 354 g/mol. The van der Waals surface area contributed by atoms with Crippen LogP contribution in [0.25, 0.3) is 0 Å². The Labute approximate surface area is 151 Å². The predicted molar refractivity (Wildman–Crippen MR) is 96.9 cm³/mol. The van der Waals surface area contributed by atoms with E-state index in [2.05, 4.69) is 16.1 Å². The molecule has 6 heteroatoms. The lowest BCUT2D eigenvalue weighted by Gasteiger charge is -2.06. The van der Waals surface area contributed by atoms with Gasteiger partial charge in [-0.25, -0.2) is 4.79 Å². The third-order valence-corrected chi connectivity index (χ3v) is 4.43. The van der Waals surface area contributed by atoms with Gasteiger partial charge in [0.15, 0.2) is 0 Å². The molecule has 0 aliphatic rings. The number of esters is 1. The summed E-state index contributed by atoms with van der Waals surface area (Å²) >= 11 is 1.50. The number of methoxy groups -OCH3 is 1. The van der Waals surface area contributed by atoms with Gasteiger partial charge in [-0.3, -0.25) is 4.79 Å². The van der Waals surface area contributed by atoms with E-state index >= 15 is 0 Å². The van der Waals surface area contributed by atoms with Crippen molar-refractivity contribution in [2.75, 3.05) is 12.9 Å². The van der Waals surface area contributed by atoms with E-state index in [1.165, 1.54) is 18.9 Å².